The number of carboxylic acids is 1. The van der Waals surface area contributed by atoms with E-state index in [0.29, 0.717) is 11.4 Å². The van der Waals surface area contributed by atoms with E-state index in [1.165, 1.54) is 11.3 Å². The summed E-state index contributed by atoms with van der Waals surface area (Å²) in [6.07, 6.45) is 0.272. The molecule has 1 N–H and O–H groups in total. The predicted molar refractivity (Wildman–Crippen MR) is 94.8 cm³/mol. The standard InChI is InChI=1S/C19H19NO4S/c21-16(17-7-4-10-25-17)8-9-18(22)20-11-14(15(12-20)19(23)24)13-5-2-1-3-6-13/h1-7,10,14-15H,8-9,11-12H2,(H,23,24). The van der Waals surface area contributed by atoms with Crippen LogP contribution >= 0.6 is 11.3 Å². The molecule has 2 unspecified atom stereocenters. The van der Waals surface area contributed by atoms with Crippen LogP contribution in [0.3, 0.4) is 0 Å². The van der Waals surface area contributed by atoms with Crippen LogP contribution in [0.2, 0.25) is 0 Å². The van der Waals surface area contributed by atoms with E-state index in [4.69, 9.17) is 0 Å². The summed E-state index contributed by atoms with van der Waals surface area (Å²) >= 11 is 1.36. The van der Waals surface area contributed by atoms with Crippen LogP contribution < -0.4 is 0 Å². The van der Waals surface area contributed by atoms with Gasteiger partial charge in [0.2, 0.25) is 5.91 Å². The van der Waals surface area contributed by atoms with E-state index in [2.05, 4.69) is 0 Å². The lowest BCUT2D eigenvalue weighted by Crippen LogP contribution is -2.30. The number of carboxylic acid groups (broad SMARTS) is 1. The number of Topliss-reactive ketones (excluding diaryl/α,β-unsaturated/α-hetero) is 1. The highest BCUT2D eigenvalue weighted by atomic mass is 32.1. The summed E-state index contributed by atoms with van der Waals surface area (Å²) in [6, 6.07) is 13.0. The van der Waals surface area contributed by atoms with Gasteiger partial charge in [0.1, 0.15) is 0 Å². The van der Waals surface area contributed by atoms with Crippen LogP contribution in [0, 0.1) is 5.92 Å². The third-order valence-electron chi connectivity index (χ3n) is 4.58. The van der Waals surface area contributed by atoms with Crippen molar-refractivity contribution in [3.63, 3.8) is 0 Å². The van der Waals surface area contributed by atoms with Crippen LogP contribution in [0.1, 0.15) is 34.0 Å². The van der Waals surface area contributed by atoms with Crippen LogP contribution in [0.5, 0.6) is 0 Å². The SMILES string of the molecule is O=C(CCC(=O)N1CC(C(=O)O)C(c2ccccc2)C1)c1cccs1. The number of hydrogen-bond acceptors (Lipinski definition) is 4. The Labute approximate surface area is 149 Å². The second-order valence-electron chi connectivity index (χ2n) is 6.16. The van der Waals surface area contributed by atoms with Crippen LogP contribution in [-0.4, -0.2) is 40.8 Å². The largest absolute Gasteiger partial charge is 0.481 e. The van der Waals surface area contributed by atoms with Crippen LogP contribution in [-0.2, 0) is 9.59 Å². The van der Waals surface area contributed by atoms with Gasteiger partial charge in [-0.25, -0.2) is 0 Å². The molecule has 0 radical (unpaired) electrons. The number of thiophene rings is 1. The minimum Gasteiger partial charge on any atom is -0.481 e. The van der Waals surface area contributed by atoms with E-state index in [9.17, 15) is 19.5 Å². The molecule has 6 heteroatoms. The van der Waals surface area contributed by atoms with E-state index in [1.54, 1.807) is 11.0 Å². The Bertz CT molecular complexity index is 757. The number of hydrogen-bond donors (Lipinski definition) is 1. The number of rotatable bonds is 6. The van der Waals surface area contributed by atoms with Crippen LogP contribution in [0.15, 0.2) is 47.8 Å². The Morgan fingerprint density at radius 1 is 1.04 bits per heavy atom. The minimum atomic E-state index is -0.890. The van der Waals surface area contributed by atoms with E-state index < -0.39 is 11.9 Å². The maximum Gasteiger partial charge on any atom is 0.308 e. The summed E-state index contributed by atoms with van der Waals surface area (Å²) < 4.78 is 0. The van der Waals surface area contributed by atoms with Gasteiger partial charge in [-0.05, 0) is 17.0 Å². The van der Waals surface area contributed by atoms with E-state index in [1.807, 2.05) is 41.8 Å². The van der Waals surface area contributed by atoms with Gasteiger partial charge in [-0.1, -0.05) is 36.4 Å². The number of aliphatic carboxylic acids is 1. The molecular weight excluding hydrogens is 338 g/mol. The van der Waals surface area contributed by atoms with Gasteiger partial charge in [0, 0.05) is 31.8 Å². The number of nitrogens with zero attached hydrogens (tertiary/aromatic N) is 1. The lowest BCUT2D eigenvalue weighted by molar-refractivity contribution is -0.141. The molecule has 1 fully saturated rings. The molecule has 5 nitrogen and oxygen atoms in total. The second kappa shape index (κ2) is 7.61. The quantitative estimate of drug-likeness (QED) is 0.807. The number of benzene rings is 1. The zero-order chi connectivity index (χ0) is 17.8. The first-order chi connectivity index (χ1) is 12.1. The monoisotopic (exact) mass is 357 g/mol. The molecule has 1 amide bonds. The van der Waals surface area contributed by atoms with Gasteiger partial charge in [0.05, 0.1) is 10.8 Å². The van der Waals surface area contributed by atoms with Crippen molar-refractivity contribution in [3.8, 4) is 0 Å². The average Bonchev–Trinajstić information content (AvgIpc) is 3.29. The third kappa shape index (κ3) is 3.96. The molecule has 0 aliphatic carbocycles. The van der Waals surface area contributed by atoms with Crippen molar-refractivity contribution in [1.29, 1.82) is 0 Å². The van der Waals surface area contributed by atoms with Gasteiger partial charge in [-0.3, -0.25) is 14.4 Å². The van der Waals surface area contributed by atoms with Crippen molar-refractivity contribution >= 4 is 29.0 Å². The maximum atomic E-state index is 12.4. The Hall–Kier alpha value is -2.47. The fourth-order valence-electron chi connectivity index (χ4n) is 3.23. The maximum absolute atomic E-state index is 12.4. The van der Waals surface area contributed by atoms with Gasteiger partial charge >= 0.3 is 5.97 Å². The number of carbonyl (C=O) groups is 3. The number of amides is 1. The van der Waals surface area contributed by atoms with Crippen molar-refractivity contribution < 1.29 is 19.5 Å². The molecule has 1 saturated heterocycles. The smallest absolute Gasteiger partial charge is 0.308 e. The molecule has 3 rings (SSSR count). The molecule has 0 spiro atoms. The topological polar surface area (TPSA) is 74.7 Å². The van der Waals surface area contributed by atoms with E-state index >= 15 is 0 Å². The Morgan fingerprint density at radius 3 is 2.44 bits per heavy atom. The molecule has 2 aromatic rings. The molecule has 25 heavy (non-hydrogen) atoms. The first kappa shape index (κ1) is 17.4. The highest BCUT2D eigenvalue weighted by molar-refractivity contribution is 7.12. The molecule has 0 saturated carbocycles. The van der Waals surface area contributed by atoms with Crippen LogP contribution in [0.25, 0.3) is 0 Å². The van der Waals surface area contributed by atoms with Gasteiger partial charge in [0.25, 0.3) is 0 Å². The summed E-state index contributed by atoms with van der Waals surface area (Å²) in [5, 5.41) is 11.3. The lowest BCUT2D eigenvalue weighted by Gasteiger charge is -2.16. The van der Waals surface area contributed by atoms with Gasteiger partial charge in [0.15, 0.2) is 5.78 Å². The first-order valence-corrected chi connectivity index (χ1v) is 9.06. The minimum absolute atomic E-state index is 0.0445. The van der Waals surface area contributed by atoms with Crippen molar-refractivity contribution in [3.05, 3.63) is 58.3 Å². The normalized spacial score (nSPS) is 19.8. The highest BCUT2D eigenvalue weighted by Gasteiger charge is 2.40. The summed E-state index contributed by atoms with van der Waals surface area (Å²) in [7, 11) is 0. The average molecular weight is 357 g/mol. The molecule has 2 heterocycles. The van der Waals surface area contributed by atoms with Crippen molar-refractivity contribution in [2.24, 2.45) is 5.92 Å². The van der Waals surface area contributed by atoms with Crippen molar-refractivity contribution in [1.82, 2.24) is 4.90 Å². The molecule has 1 aromatic carbocycles. The number of ketones is 1. The molecule has 1 aliphatic rings. The Morgan fingerprint density at radius 2 is 1.80 bits per heavy atom. The molecule has 130 valence electrons. The fourth-order valence-corrected chi connectivity index (χ4v) is 3.93. The van der Waals surface area contributed by atoms with E-state index in [-0.39, 0.29) is 37.0 Å². The predicted octanol–water partition coefficient (Wildman–Crippen LogP) is 3.04. The van der Waals surface area contributed by atoms with Gasteiger partial charge in [-0.15, -0.1) is 11.3 Å². The van der Waals surface area contributed by atoms with Crippen molar-refractivity contribution in [2.45, 2.75) is 18.8 Å². The number of likely N-dealkylation sites (tertiary alicyclic amines) is 1. The zero-order valence-corrected chi connectivity index (χ0v) is 14.4. The summed E-state index contributed by atoms with van der Waals surface area (Å²) in [5.74, 6) is -1.92. The highest BCUT2D eigenvalue weighted by Crippen LogP contribution is 2.33. The molecule has 1 aliphatic heterocycles. The number of carbonyl (C=O) groups excluding carboxylic acids is 2. The second-order valence-corrected chi connectivity index (χ2v) is 7.11. The van der Waals surface area contributed by atoms with E-state index in [0.717, 1.165) is 5.56 Å². The Kier molecular flexibility index (Phi) is 5.28. The summed E-state index contributed by atoms with van der Waals surface area (Å²) in [5.41, 5.74) is 0.930. The summed E-state index contributed by atoms with van der Waals surface area (Å²) in [4.78, 5) is 38.3. The first-order valence-electron chi connectivity index (χ1n) is 8.18. The summed E-state index contributed by atoms with van der Waals surface area (Å²) in [6.45, 7) is 0.577. The third-order valence-corrected chi connectivity index (χ3v) is 5.49. The van der Waals surface area contributed by atoms with Crippen molar-refractivity contribution in [2.75, 3.05) is 13.1 Å². The van der Waals surface area contributed by atoms with Crippen LogP contribution in [0.4, 0.5) is 0 Å². The van der Waals surface area contributed by atoms with Gasteiger partial charge < -0.3 is 10.0 Å². The molecule has 1 aromatic heterocycles. The Balaban J connectivity index is 1.63. The zero-order valence-electron chi connectivity index (χ0n) is 13.6. The lowest BCUT2D eigenvalue weighted by atomic mass is 9.89. The fraction of sp³-hybridized carbons (Fsp3) is 0.316. The molecule has 2 atom stereocenters. The molecular formula is C19H19NO4S. The van der Waals surface area contributed by atoms with Gasteiger partial charge in [-0.2, -0.15) is 0 Å². The molecule has 0 bridgehead atoms.